The first-order chi connectivity index (χ1) is 20.7. The van der Waals surface area contributed by atoms with Crippen LogP contribution in [-0.2, 0) is 0 Å². The van der Waals surface area contributed by atoms with Crippen molar-refractivity contribution in [3.63, 3.8) is 0 Å². The smallest absolute Gasteiger partial charge is 0.189 e. The van der Waals surface area contributed by atoms with E-state index in [0.717, 1.165) is 22.0 Å². The van der Waals surface area contributed by atoms with E-state index >= 15 is 0 Å². The van der Waals surface area contributed by atoms with E-state index in [0.29, 0.717) is 5.84 Å². The van der Waals surface area contributed by atoms with Crippen molar-refractivity contribution in [2.75, 3.05) is 6.26 Å². The first-order valence-electron chi connectivity index (χ1n) is 13.8. The zero-order chi connectivity index (χ0) is 28.8. The summed E-state index contributed by atoms with van der Waals surface area (Å²) in [5, 5.41) is 9.56. The molecular weight excluding hydrogens is 551 g/mol. The lowest BCUT2D eigenvalue weighted by Gasteiger charge is -2.27. The molecule has 0 unspecified atom stereocenters. The van der Waals surface area contributed by atoms with Gasteiger partial charge in [-0.15, -0.1) is 5.10 Å². The molecule has 6 heteroatoms. The summed E-state index contributed by atoms with van der Waals surface area (Å²) in [7, 11) is -2.54. The molecule has 0 aliphatic rings. The van der Waals surface area contributed by atoms with Crippen molar-refractivity contribution >= 4 is 40.6 Å². The summed E-state index contributed by atoms with van der Waals surface area (Å²) in [6.45, 7) is 2.10. The third kappa shape index (κ3) is 5.67. The van der Waals surface area contributed by atoms with Gasteiger partial charge in [-0.2, -0.15) is 0 Å². The number of nitrogens with zero attached hydrogens (tertiary/aromatic N) is 4. The zero-order valence-corrected chi connectivity index (χ0v) is 25.3. The van der Waals surface area contributed by atoms with E-state index in [9.17, 15) is 0 Å². The van der Waals surface area contributed by atoms with E-state index in [1.807, 2.05) is 35.3 Å². The van der Waals surface area contributed by atoms with Crippen LogP contribution in [0.1, 0.15) is 11.1 Å². The standard InChI is InChI=1S/C36H31N4PS/c1-28-23-25-30(26-24-28)35(38-40-27-34(37-36(40)42-2)29-15-7-3-8-16-29)39-41(31-17-9-4-10-18-31,32-19-11-5-12-20-32)33-21-13-6-14-22-33/h3-27H,1-2H3/b38-35-. The fraction of sp³-hybridized carbons (Fsp3) is 0.0556. The SMILES string of the molecule is CSc1nc(-c2ccccc2)cn1/N=C(\N=P(c1ccccc1)(c1ccccc1)c1ccccc1)c1ccc(C)cc1. The summed E-state index contributed by atoms with van der Waals surface area (Å²) in [5.74, 6) is 0.659. The fourth-order valence-corrected chi connectivity index (χ4v) is 8.91. The van der Waals surface area contributed by atoms with Crippen LogP contribution in [0.3, 0.4) is 0 Å². The highest BCUT2D eigenvalue weighted by Gasteiger charge is 2.28. The number of hydrogen-bond donors (Lipinski definition) is 0. The van der Waals surface area contributed by atoms with Crippen LogP contribution >= 0.6 is 18.8 Å². The molecule has 5 aromatic carbocycles. The zero-order valence-electron chi connectivity index (χ0n) is 23.6. The lowest BCUT2D eigenvalue weighted by molar-refractivity contribution is 0.764. The molecule has 0 fully saturated rings. The van der Waals surface area contributed by atoms with Crippen LogP contribution in [0, 0.1) is 6.92 Å². The van der Waals surface area contributed by atoms with Gasteiger partial charge in [-0.1, -0.05) is 163 Å². The van der Waals surface area contributed by atoms with Crippen LogP contribution in [0.25, 0.3) is 11.3 Å². The lowest BCUT2D eigenvalue weighted by atomic mass is 10.1. The molecule has 4 nitrogen and oxygen atoms in total. The summed E-state index contributed by atoms with van der Waals surface area (Å²) in [6, 6.07) is 50.6. The molecule has 0 saturated heterocycles. The van der Waals surface area contributed by atoms with E-state index < -0.39 is 7.05 Å². The summed E-state index contributed by atoms with van der Waals surface area (Å²) in [6.07, 6.45) is 4.03. The number of benzene rings is 5. The minimum Gasteiger partial charge on any atom is -0.232 e. The molecule has 0 radical (unpaired) electrons. The monoisotopic (exact) mass is 582 g/mol. The molecule has 0 atom stereocenters. The van der Waals surface area contributed by atoms with Crippen molar-refractivity contribution in [1.29, 1.82) is 0 Å². The largest absolute Gasteiger partial charge is 0.232 e. The third-order valence-electron chi connectivity index (χ3n) is 7.06. The van der Waals surface area contributed by atoms with Gasteiger partial charge in [0.1, 0.15) is 0 Å². The van der Waals surface area contributed by atoms with Crippen LogP contribution < -0.4 is 15.9 Å². The molecule has 206 valence electrons. The van der Waals surface area contributed by atoms with E-state index in [4.69, 9.17) is 14.8 Å². The number of thioether (sulfide) groups is 1. The number of aryl methyl sites for hydroxylation is 1. The summed E-state index contributed by atoms with van der Waals surface area (Å²) < 4.78 is 7.65. The molecule has 0 aliphatic heterocycles. The molecule has 0 saturated carbocycles. The maximum absolute atomic E-state index is 5.77. The Labute approximate surface area is 251 Å². The van der Waals surface area contributed by atoms with Crippen LogP contribution in [0.5, 0.6) is 0 Å². The van der Waals surface area contributed by atoms with Crippen LogP contribution in [0.2, 0.25) is 0 Å². The van der Waals surface area contributed by atoms with Gasteiger partial charge in [0.05, 0.1) is 18.9 Å². The van der Waals surface area contributed by atoms with Gasteiger partial charge >= 0.3 is 0 Å². The molecule has 0 bridgehead atoms. The Kier molecular flexibility index (Phi) is 8.32. The number of hydrogen-bond acceptors (Lipinski definition) is 3. The second kappa shape index (κ2) is 12.6. The normalized spacial score (nSPS) is 11.8. The summed E-state index contributed by atoms with van der Waals surface area (Å²) in [4.78, 5) is 4.92. The van der Waals surface area contributed by atoms with Gasteiger partial charge in [-0.05, 0) is 13.2 Å². The molecule has 42 heavy (non-hydrogen) atoms. The molecule has 6 aromatic rings. The minimum atomic E-state index is -2.54. The average Bonchev–Trinajstić information content (AvgIpc) is 3.48. The van der Waals surface area contributed by atoms with Gasteiger partial charge in [0.25, 0.3) is 0 Å². The van der Waals surface area contributed by atoms with Crippen molar-refractivity contribution in [2.24, 2.45) is 9.85 Å². The van der Waals surface area contributed by atoms with Crippen molar-refractivity contribution in [2.45, 2.75) is 12.1 Å². The van der Waals surface area contributed by atoms with Gasteiger partial charge in [0.2, 0.25) is 0 Å². The second-order valence-corrected chi connectivity index (χ2v) is 13.6. The van der Waals surface area contributed by atoms with Gasteiger partial charge in [0.15, 0.2) is 11.0 Å². The molecule has 6 rings (SSSR count). The van der Waals surface area contributed by atoms with Gasteiger partial charge < -0.3 is 0 Å². The van der Waals surface area contributed by atoms with E-state index in [2.05, 4.69) is 134 Å². The maximum atomic E-state index is 5.77. The first-order valence-corrected chi connectivity index (χ1v) is 16.8. The number of imidazole rings is 1. The van der Waals surface area contributed by atoms with E-state index in [1.165, 1.54) is 21.5 Å². The Bertz CT molecular complexity index is 1750. The summed E-state index contributed by atoms with van der Waals surface area (Å²) in [5.41, 5.74) is 4.07. The van der Waals surface area contributed by atoms with Crippen molar-refractivity contribution in [1.82, 2.24) is 9.66 Å². The Morgan fingerprint density at radius 2 is 1.12 bits per heavy atom. The predicted molar refractivity (Wildman–Crippen MR) is 180 cm³/mol. The summed E-state index contributed by atoms with van der Waals surface area (Å²) >= 11 is 1.57. The highest BCUT2D eigenvalue weighted by molar-refractivity contribution is 7.98. The molecule has 0 amide bonds. The van der Waals surface area contributed by atoms with Crippen LogP contribution in [0.4, 0.5) is 0 Å². The van der Waals surface area contributed by atoms with Crippen LogP contribution in [0.15, 0.2) is 167 Å². The average molecular weight is 583 g/mol. The molecule has 0 aliphatic carbocycles. The topological polar surface area (TPSA) is 42.5 Å². The predicted octanol–water partition coefficient (Wildman–Crippen LogP) is 7.97. The molecule has 0 spiro atoms. The van der Waals surface area contributed by atoms with Crippen LogP contribution in [-0.4, -0.2) is 21.8 Å². The van der Waals surface area contributed by atoms with Gasteiger partial charge in [-0.3, -0.25) is 0 Å². The third-order valence-corrected chi connectivity index (χ3v) is 11.3. The highest BCUT2D eigenvalue weighted by Crippen LogP contribution is 2.47. The number of aromatic nitrogens is 2. The molecule has 1 aromatic heterocycles. The van der Waals surface area contributed by atoms with Gasteiger partial charge in [-0.25, -0.2) is 14.4 Å². The Morgan fingerprint density at radius 3 is 1.60 bits per heavy atom. The van der Waals surface area contributed by atoms with Gasteiger partial charge in [0, 0.05) is 27.0 Å². The Balaban J connectivity index is 1.69. The maximum Gasteiger partial charge on any atom is 0.189 e. The lowest BCUT2D eigenvalue weighted by Crippen LogP contribution is -2.26. The molecular formula is C36H31N4PS. The van der Waals surface area contributed by atoms with Crippen molar-refractivity contribution in [3.8, 4) is 11.3 Å². The second-order valence-electron chi connectivity index (χ2n) is 9.86. The molecule has 1 heterocycles. The van der Waals surface area contributed by atoms with E-state index in [1.54, 1.807) is 11.8 Å². The van der Waals surface area contributed by atoms with Crippen molar-refractivity contribution in [3.05, 3.63) is 163 Å². The van der Waals surface area contributed by atoms with Crippen molar-refractivity contribution < 1.29 is 0 Å². The highest BCUT2D eigenvalue weighted by atomic mass is 32.2. The van der Waals surface area contributed by atoms with E-state index in [-0.39, 0.29) is 0 Å². The quantitative estimate of drug-likeness (QED) is 0.0829. The first kappa shape index (κ1) is 27.7. The Hall–Kier alpha value is -4.44. The fourth-order valence-electron chi connectivity index (χ4n) is 4.95. The molecule has 0 N–H and O–H groups in total. The minimum absolute atomic E-state index is 0.659. The Morgan fingerprint density at radius 1 is 0.643 bits per heavy atom. The number of rotatable bonds is 7. The number of amidine groups is 1.